The molecular formula is C17H16O3. The van der Waals surface area contributed by atoms with Gasteiger partial charge in [0.1, 0.15) is 5.60 Å². The van der Waals surface area contributed by atoms with Gasteiger partial charge in [-0.3, -0.25) is 9.59 Å². The summed E-state index contributed by atoms with van der Waals surface area (Å²) in [6, 6.07) is 8.42. The van der Waals surface area contributed by atoms with Crippen LogP contribution < -0.4 is 0 Å². The fraction of sp³-hybridized carbons (Fsp3) is 0.529. The van der Waals surface area contributed by atoms with E-state index < -0.39 is 11.5 Å². The van der Waals surface area contributed by atoms with Gasteiger partial charge in [0.05, 0.1) is 11.8 Å². The lowest BCUT2D eigenvalue weighted by molar-refractivity contribution is -0.146. The van der Waals surface area contributed by atoms with Crippen molar-refractivity contribution in [2.45, 2.75) is 24.4 Å². The lowest BCUT2D eigenvalue weighted by atomic mass is 9.58. The maximum Gasteiger partial charge on any atom is 0.176 e. The molecule has 0 N–H and O–H groups in total. The zero-order chi connectivity index (χ0) is 13.9. The standard InChI is InChI=1S/C17H16O3/c1-16-9-6-4-3-5-8(9)7-10(16)11-13(18)12-14(16)17(12,20-2)15(11)19/h3-6,10-12,14H,7H2,1-2H3/t10-,11+,12+,14-,16-,17+/m1/s1. The third-order valence-corrected chi connectivity index (χ3v) is 6.62. The lowest BCUT2D eigenvalue weighted by Crippen LogP contribution is -2.53. The van der Waals surface area contributed by atoms with Crippen LogP contribution in [0.3, 0.4) is 0 Å². The summed E-state index contributed by atoms with van der Waals surface area (Å²) in [4.78, 5) is 25.2. The molecule has 0 unspecified atom stereocenters. The number of carbonyl (C=O) groups excluding carboxylic acids is 2. The lowest BCUT2D eigenvalue weighted by Gasteiger charge is -2.44. The van der Waals surface area contributed by atoms with Crippen LogP contribution in [0, 0.1) is 23.7 Å². The van der Waals surface area contributed by atoms with Crippen LogP contribution in [-0.4, -0.2) is 24.3 Å². The summed E-state index contributed by atoms with van der Waals surface area (Å²) in [5, 5.41) is 0. The fourth-order valence-electron chi connectivity index (χ4n) is 5.87. The number of rotatable bonds is 1. The molecule has 3 heteroatoms. The number of Topliss-reactive ketones (excluding diaryl/α,β-unsaturated/α-hetero) is 2. The largest absolute Gasteiger partial charge is 0.369 e. The summed E-state index contributed by atoms with van der Waals surface area (Å²) < 4.78 is 5.61. The van der Waals surface area contributed by atoms with E-state index in [2.05, 4.69) is 25.1 Å². The van der Waals surface area contributed by atoms with E-state index in [0.717, 1.165) is 6.42 Å². The van der Waals surface area contributed by atoms with Gasteiger partial charge in [-0.2, -0.15) is 0 Å². The molecule has 0 amide bonds. The molecule has 0 saturated heterocycles. The zero-order valence-electron chi connectivity index (χ0n) is 11.6. The number of ketones is 2. The Hall–Kier alpha value is -1.48. The van der Waals surface area contributed by atoms with E-state index in [-0.39, 0.29) is 34.7 Å². The minimum atomic E-state index is -0.787. The minimum Gasteiger partial charge on any atom is -0.369 e. The molecule has 1 aromatic rings. The average molecular weight is 268 g/mol. The molecule has 3 nitrogen and oxygen atoms in total. The average Bonchev–Trinajstić information content (AvgIpc) is 3.01. The Labute approximate surface area is 117 Å². The van der Waals surface area contributed by atoms with Gasteiger partial charge in [0, 0.05) is 18.4 Å². The van der Waals surface area contributed by atoms with Crippen molar-refractivity contribution in [1.29, 1.82) is 0 Å². The van der Waals surface area contributed by atoms with E-state index in [0.29, 0.717) is 0 Å². The van der Waals surface area contributed by atoms with Gasteiger partial charge in [-0.05, 0) is 23.5 Å². The van der Waals surface area contributed by atoms with Crippen LogP contribution in [0.25, 0.3) is 0 Å². The Morgan fingerprint density at radius 2 is 2.00 bits per heavy atom. The van der Waals surface area contributed by atoms with Crippen LogP contribution in [0.1, 0.15) is 18.1 Å². The third-order valence-electron chi connectivity index (χ3n) is 6.62. The molecule has 5 aliphatic carbocycles. The van der Waals surface area contributed by atoms with Gasteiger partial charge < -0.3 is 4.74 Å². The summed E-state index contributed by atoms with van der Waals surface area (Å²) in [6.07, 6.45) is 0.859. The third kappa shape index (κ3) is 0.800. The van der Waals surface area contributed by atoms with Crippen LogP contribution in [0.15, 0.2) is 24.3 Å². The molecule has 6 rings (SSSR count). The molecule has 0 heterocycles. The van der Waals surface area contributed by atoms with Crippen molar-refractivity contribution in [2.75, 3.05) is 7.11 Å². The first-order valence-electron chi connectivity index (χ1n) is 7.30. The molecule has 4 fully saturated rings. The van der Waals surface area contributed by atoms with Crippen LogP contribution in [0.4, 0.5) is 0 Å². The van der Waals surface area contributed by atoms with Crippen LogP contribution in [-0.2, 0) is 26.2 Å². The Morgan fingerprint density at radius 1 is 1.25 bits per heavy atom. The number of benzene rings is 1. The minimum absolute atomic E-state index is 0.0543. The molecule has 5 aliphatic rings. The van der Waals surface area contributed by atoms with Crippen LogP contribution in [0.2, 0.25) is 0 Å². The summed E-state index contributed by atoms with van der Waals surface area (Å²) >= 11 is 0. The van der Waals surface area contributed by atoms with E-state index in [1.165, 1.54) is 11.1 Å². The molecule has 0 aromatic heterocycles. The Morgan fingerprint density at radius 3 is 2.70 bits per heavy atom. The van der Waals surface area contributed by atoms with E-state index in [1.807, 2.05) is 6.07 Å². The highest BCUT2D eigenvalue weighted by Gasteiger charge is 2.90. The molecule has 0 aliphatic heterocycles. The summed E-state index contributed by atoms with van der Waals surface area (Å²) in [5.74, 6) is -0.197. The Bertz CT molecular complexity index is 693. The predicted molar refractivity (Wildman–Crippen MR) is 71.2 cm³/mol. The van der Waals surface area contributed by atoms with Crippen molar-refractivity contribution in [3.63, 3.8) is 0 Å². The van der Waals surface area contributed by atoms with Crippen molar-refractivity contribution in [2.24, 2.45) is 23.7 Å². The second kappa shape index (κ2) is 2.91. The first-order valence-corrected chi connectivity index (χ1v) is 7.30. The highest BCUT2D eigenvalue weighted by molar-refractivity contribution is 6.22. The number of hydrogen-bond donors (Lipinski definition) is 0. The van der Waals surface area contributed by atoms with Crippen molar-refractivity contribution >= 4 is 11.6 Å². The number of hydrogen-bond acceptors (Lipinski definition) is 3. The van der Waals surface area contributed by atoms with Gasteiger partial charge in [-0.25, -0.2) is 0 Å². The van der Waals surface area contributed by atoms with Crippen molar-refractivity contribution in [1.82, 2.24) is 0 Å². The highest BCUT2D eigenvalue weighted by Crippen LogP contribution is 2.77. The molecule has 0 radical (unpaired) electrons. The van der Waals surface area contributed by atoms with Gasteiger partial charge >= 0.3 is 0 Å². The number of fused-ring (bicyclic) bond motifs is 1. The zero-order valence-corrected chi connectivity index (χ0v) is 11.6. The summed E-state index contributed by atoms with van der Waals surface area (Å²) in [6.45, 7) is 2.24. The molecule has 4 saturated carbocycles. The highest BCUT2D eigenvalue weighted by atomic mass is 16.5. The Kier molecular flexibility index (Phi) is 1.63. The fourth-order valence-corrected chi connectivity index (χ4v) is 5.87. The molecular weight excluding hydrogens is 252 g/mol. The van der Waals surface area contributed by atoms with Crippen LogP contribution in [0.5, 0.6) is 0 Å². The monoisotopic (exact) mass is 268 g/mol. The van der Waals surface area contributed by atoms with E-state index >= 15 is 0 Å². The SMILES string of the molecule is CO[C@@]12C(=O)[C@@H]3C(=O)[C@H]1[C@@H]2[C@]1(C)c2ccccc2C[C@H]31. The van der Waals surface area contributed by atoms with Crippen molar-refractivity contribution < 1.29 is 14.3 Å². The van der Waals surface area contributed by atoms with E-state index in [9.17, 15) is 9.59 Å². The van der Waals surface area contributed by atoms with Gasteiger partial charge in [0.25, 0.3) is 0 Å². The quantitative estimate of drug-likeness (QED) is 0.725. The normalized spacial score (nSPS) is 50.1. The number of methoxy groups -OCH3 is 1. The first-order chi connectivity index (χ1) is 9.58. The van der Waals surface area contributed by atoms with Gasteiger partial charge in [0.15, 0.2) is 11.6 Å². The first kappa shape index (κ1) is 11.2. The Balaban J connectivity index is 1.78. The molecule has 102 valence electrons. The summed E-state index contributed by atoms with van der Waals surface area (Å²) in [5.41, 5.74) is 1.79. The number of carbonyl (C=O) groups is 2. The maximum absolute atomic E-state index is 12.7. The molecule has 4 bridgehead atoms. The topological polar surface area (TPSA) is 43.4 Å². The molecule has 0 spiro atoms. The van der Waals surface area contributed by atoms with Gasteiger partial charge in [-0.1, -0.05) is 31.2 Å². The molecule has 1 aromatic carbocycles. The van der Waals surface area contributed by atoms with Crippen LogP contribution >= 0.6 is 0 Å². The smallest absolute Gasteiger partial charge is 0.176 e. The van der Waals surface area contributed by atoms with Gasteiger partial charge in [-0.15, -0.1) is 0 Å². The molecule has 6 atom stereocenters. The van der Waals surface area contributed by atoms with E-state index in [1.54, 1.807) is 7.11 Å². The second-order valence-electron chi connectivity index (χ2n) is 6.95. The van der Waals surface area contributed by atoms with Crippen molar-refractivity contribution in [3.05, 3.63) is 35.4 Å². The maximum atomic E-state index is 12.7. The number of ether oxygens (including phenoxy) is 1. The summed E-state index contributed by atoms with van der Waals surface area (Å²) in [7, 11) is 1.59. The predicted octanol–water partition coefficient (Wildman–Crippen LogP) is 1.53. The molecule has 20 heavy (non-hydrogen) atoms. The van der Waals surface area contributed by atoms with Gasteiger partial charge in [0.2, 0.25) is 0 Å². The van der Waals surface area contributed by atoms with Crippen molar-refractivity contribution in [3.8, 4) is 0 Å². The van der Waals surface area contributed by atoms with E-state index in [4.69, 9.17) is 4.74 Å². The second-order valence-corrected chi connectivity index (χ2v) is 6.95.